The molecule has 0 unspecified atom stereocenters. The van der Waals surface area contributed by atoms with Crippen LogP contribution in [0.5, 0.6) is 0 Å². The summed E-state index contributed by atoms with van der Waals surface area (Å²) in [5.74, 6) is 1.12. The van der Waals surface area contributed by atoms with E-state index in [1.54, 1.807) is 0 Å². The molecule has 39 heavy (non-hydrogen) atoms. The molecule has 7 rings (SSSR count). The average molecular weight is 539 g/mol. The summed E-state index contributed by atoms with van der Waals surface area (Å²) in [6, 6.07) is 69.2. The van der Waals surface area contributed by atoms with Crippen LogP contribution in [0.3, 0.4) is 0 Å². The fraction of sp³-hybridized carbons (Fsp3) is 0.0270. The van der Waals surface area contributed by atoms with Gasteiger partial charge < -0.3 is 0 Å². The molecular formula is C37H32P2. The first kappa shape index (κ1) is 24.2. The molecule has 0 atom stereocenters. The maximum atomic E-state index is 2.43. The second-order valence-electron chi connectivity index (χ2n) is 10.7. The third kappa shape index (κ3) is 2.71. The topological polar surface area (TPSA) is 0 Å². The zero-order valence-electron chi connectivity index (χ0n) is 21.9. The Bertz CT molecular complexity index is 1390. The first-order chi connectivity index (χ1) is 19.3. The van der Waals surface area contributed by atoms with Crippen molar-refractivity contribution in [3.63, 3.8) is 0 Å². The van der Waals surface area contributed by atoms with Crippen LogP contribution in [0.2, 0.25) is 0 Å². The third-order valence-electron chi connectivity index (χ3n) is 9.31. The van der Waals surface area contributed by atoms with Gasteiger partial charge in [-0.25, -0.2) is 0 Å². The van der Waals surface area contributed by atoms with Crippen LogP contribution >= 0.6 is 12.6 Å². The summed E-state index contributed by atoms with van der Waals surface area (Å²) in [6.07, 6.45) is -6.40. The zero-order valence-corrected chi connectivity index (χ0v) is 23.7. The minimum absolute atomic E-state index is 1.12. The van der Waals surface area contributed by atoms with E-state index >= 15 is 0 Å². The van der Waals surface area contributed by atoms with E-state index in [2.05, 4.69) is 182 Å². The Kier molecular flexibility index (Phi) is 5.50. The summed E-state index contributed by atoms with van der Waals surface area (Å²) in [5.41, 5.74) is 0. The minimum atomic E-state index is -3.20. The van der Waals surface area contributed by atoms with Gasteiger partial charge in [0, 0.05) is 0 Å². The molecule has 1 aliphatic rings. The van der Waals surface area contributed by atoms with Gasteiger partial charge in [-0.2, -0.15) is 0 Å². The van der Waals surface area contributed by atoms with Crippen LogP contribution < -0.4 is 31.8 Å². The van der Waals surface area contributed by atoms with Crippen LogP contribution in [-0.4, -0.2) is 5.90 Å². The van der Waals surface area contributed by atoms with Crippen molar-refractivity contribution < 1.29 is 0 Å². The Labute approximate surface area is 231 Å². The van der Waals surface area contributed by atoms with Crippen LogP contribution in [-0.2, 0) is 0 Å². The number of hydrogen-bond donors (Lipinski definition) is 0. The molecule has 0 nitrogen and oxygen atoms in total. The van der Waals surface area contributed by atoms with E-state index in [4.69, 9.17) is 0 Å². The molecule has 1 aliphatic heterocycles. The van der Waals surface area contributed by atoms with Gasteiger partial charge in [-0.3, -0.25) is 0 Å². The van der Waals surface area contributed by atoms with Crippen LogP contribution in [0.15, 0.2) is 182 Å². The molecule has 0 spiro atoms. The molecule has 0 N–H and O–H groups in total. The molecule has 0 bridgehead atoms. The van der Waals surface area contributed by atoms with Crippen LogP contribution in [0, 0.1) is 0 Å². The number of hydrogen-bond acceptors (Lipinski definition) is 0. The summed E-state index contributed by atoms with van der Waals surface area (Å²) in [7, 11) is 0. The summed E-state index contributed by atoms with van der Waals surface area (Å²) >= 11 is 0. The number of benzene rings is 6. The summed E-state index contributed by atoms with van der Waals surface area (Å²) in [6.45, 7) is 0. The monoisotopic (exact) mass is 538 g/mol. The normalized spacial score (nSPS) is 19.8. The van der Waals surface area contributed by atoms with Crippen molar-refractivity contribution in [2.75, 3.05) is 5.90 Å². The van der Waals surface area contributed by atoms with Crippen LogP contribution in [0.4, 0.5) is 0 Å². The van der Waals surface area contributed by atoms with Gasteiger partial charge in [0.05, 0.1) is 0 Å². The van der Waals surface area contributed by atoms with Gasteiger partial charge in [0.25, 0.3) is 0 Å². The molecule has 0 radical (unpaired) electrons. The molecule has 2 heteroatoms. The number of rotatable bonds is 6. The molecule has 6 aromatic carbocycles. The zero-order chi connectivity index (χ0) is 26.3. The molecule has 0 aromatic heterocycles. The van der Waals surface area contributed by atoms with Crippen LogP contribution in [0.1, 0.15) is 0 Å². The summed E-state index contributed by atoms with van der Waals surface area (Å²) in [5, 5.41) is 8.89. The predicted octanol–water partition coefficient (Wildman–Crippen LogP) is 6.93. The van der Waals surface area contributed by atoms with E-state index in [0.29, 0.717) is 0 Å². The van der Waals surface area contributed by atoms with E-state index in [0.717, 1.165) is 5.90 Å². The van der Waals surface area contributed by atoms with Gasteiger partial charge in [-0.05, 0) is 0 Å². The summed E-state index contributed by atoms with van der Waals surface area (Å²) in [4.78, 5) is 0. The maximum absolute atomic E-state index is 3.20. The van der Waals surface area contributed by atoms with E-state index < -0.39 is 12.6 Å². The van der Waals surface area contributed by atoms with E-state index in [1.807, 2.05) is 0 Å². The molecule has 0 saturated carbocycles. The second kappa shape index (κ2) is 8.86. The van der Waals surface area contributed by atoms with Crippen molar-refractivity contribution >= 4 is 44.4 Å². The van der Waals surface area contributed by atoms with Crippen molar-refractivity contribution in [2.45, 2.75) is 0 Å². The predicted molar refractivity (Wildman–Crippen MR) is 175 cm³/mol. The quantitative estimate of drug-likeness (QED) is 0.202. The summed E-state index contributed by atoms with van der Waals surface area (Å²) < 4.78 is 0. The Morgan fingerprint density at radius 2 is 0.385 bits per heavy atom. The molecule has 1 heterocycles. The fourth-order valence-electron chi connectivity index (χ4n) is 7.92. The molecule has 6 aromatic rings. The molecule has 1 fully saturated rings. The molecule has 190 valence electrons. The van der Waals surface area contributed by atoms with Gasteiger partial charge >= 0.3 is 232 Å². The van der Waals surface area contributed by atoms with Crippen molar-refractivity contribution in [1.82, 2.24) is 0 Å². The SMILES string of the molecule is c1ccc(P2(c3ccccc3)(c3ccccc3)CP2(c2ccccc2)(c2ccccc2)c2ccccc2)cc1. The first-order valence-corrected chi connectivity index (χ1v) is 19.2. The third-order valence-corrected chi connectivity index (χ3v) is 33.5. The Balaban J connectivity index is 1.85. The van der Waals surface area contributed by atoms with Crippen LogP contribution in [0.25, 0.3) is 0 Å². The van der Waals surface area contributed by atoms with Crippen molar-refractivity contribution in [3.8, 4) is 0 Å². The van der Waals surface area contributed by atoms with E-state index in [9.17, 15) is 0 Å². The van der Waals surface area contributed by atoms with Crippen molar-refractivity contribution in [2.24, 2.45) is 0 Å². The Hall–Kier alpha value is -3.82. The average Bonchev–Trinajstić information content (AvgIpc) is 3.69. The molecule has 0 amide bonds. The Morgan fingerprint density at radius 3 is 0.538 bits per heavy atom. The standard InChI is InChI=1S/C37H32P2/c1-7-19-32(20-8-1)38(33-21-9-2-10-22-33,34-23-11-3-12-24-34)31-39(38,35-25-13-4-14-26-35,36-27-15-5-16-28-36)37-29-17-6-18-30-37/h1-30H,31H2. The van der Waals surface area contributed by atoms with Crippen molar-refractivity contribution in [3.05, 3.63) is 182 Å². The van der Waals surface area contributed by atoms with Gasteiger partial charge in [0.15, 0.2) is 0 Å². The molecule has 0 aliphatic carbocycles. The van der Waals surface area contributed by atoms with Gasteiger partial charge in [-0.1, -0.05) is 0 Å². The van der Waals surface area contributed by atoms with E-state index in [-0.39, 0.29) is 0 Å². The fourth-order valence-corrected chi connectivity index (χ4v) is 40.6. The van der Waals surface area contributed by atoms with Crippen molar-refractivity contribution in [1.29, 1.82) is 0 Å². The van der Waals surface area contributed by atoms with Gasteiger partial charge in [-0.15, -0.1) is 0 Å². The molecular weight excluding hydrogens is 506 g/mol. The Morgan fingerprint density at radius 1 is 0.231 bits per heavy atom. The molecule has 1 saturated heterocycles. The van der Waals surface area contributed by atoms with Gasteiger partial charge in [0.1, 0.15) is 0 Å². The first-order valence-electron chi connectivity index (χ1n) is 13.6. The van der Waals surface area contributed by atoms with Gasteiger partial charge in [0.2, 0.25) is 0 Å². The second-order valence-corrected chi connectivity index (χ2v) is 25.2. The van der Waals surface area contributed by atoms with E-state index in [1.165, 1.54) is 31.8 Å².